The van der Waals surface area contributed by atoms with E-state index in [0.29, 0.717) is 27.1 Å². The maximum absolute atomic E-state index is 12.2. The van der Waals surface area contributed by atoms with E-state index in [4.69, 9.17) is 20.4 Å². The first kappa shape index (κ1) is 11.5. The molecule has 1 heterocycles. The van der Waals surface area contributed by atoms with Crippen LogP contribution in [0.25, 0.3) is 10.8 Å². The van der Waals surface area contributed by atoms with Gasteiger partial charge in [-0.25, -0.2) is 4.79 Å². The first-order valence-electron chi connectivity index (χ1n) is 12.5. The van der Waals surface area contributed by atoms with Crippen molar-refractivity contribution in [3.63, 3.8) is 0 Å². The van der Waals surface area contributed by atoms with Crippen LogP contribution in [0.2, 0.25) is 0 Å². The van der Waals surface area contributed by atoms with Gasteiger partial charge < -0.3 is 14.2 Å². The number of carbonyl (C=O) groups is 1. The second kappa shape index (κ2) is 8.59. The summed E-state index contributed by atoms with van der Waals surface area (Å²) in [7, 11) is 0. The number of ether oxygens (including phenoxy) is 3. The van der Waals surface area contributed by atoms with Crippen LogP contribution in [0.5, 0.6) is 5.75 Å². The average Bonchev–Trinajstić information content (AvgIpc) is 2.69. The Kier molecular flexibility index (Phi) is 3.66. The van der Waals surface area contributed by atoms with Crippen LogP contribution in [0.3, 0.4) is 0 Å². The van der Waals surface area contributed by atoms with Crippen LogP contribution in [-0.4, -0.2) is 55.9 Å². The van der Waals surface area contributed by atoms with E-state index in [1.54, 1.807) is 57.2 Å². The number of fused-ring (bicyclic) bond motifs is 1. The summed E-state index contributed by atoms with van der Waals surface area (Å²) in [6.07, 6.45) is -0.628. The summed E-state index contributed by atoms with van der Waals surface area (Å²) in [6.45, 7) is -7.69. The molecule has 0 radical (unpaired) electrons. The van der Waals surface area contributed by atoms with Gasteiger partial charge in [0.15, 0.2) is 0 Å². The maximum atomic E-state index is 12.2. The summed E-state index contributed by atoms with van der Waals surface area (Å²) in [4.78, 5) is 12.7. The molecule has 3 rings (SSSR count). The van der Waals surface area contributed by atoms with Crippen molar-refractivity contribution in [1.82, 2.24) is 4.90 Å². The van der Waals surface area contributed by atoms with E-state index in [0.717, 1.165) is 0 Å². The average molecular weight is 381 g/mol. The minimum Gasteiger partial charge on any atom is -0.492 e. The lowest BCUT2D eigenvalue weighted by Crippen LogP contribution is -2.38. The Morgan fingerprint density at radius 2 is 1.89 bits per heavy atom. The van der Waals surface area contributed by atoms with Crippen LogP contribution < -0.4 is 10.1 Å². The number of nitrogens with zero attached hydrogens (tertiary/aromatic N) is 1. The van der Waals surface area contributed by atoms with Crippen LogP contribution in [0.15, 0.2) is 36.4 Å². The lowest BCUT2D eigenvalue weighted by Gasteiger charge is -2.26. The van der Waals surface area contributed by atoms with Gasteiger partial charge in [-0.15, -0.1) is 0 Å². The second-order valence-corrected chi connectivity index (χ2v) is 6.81. The van der Waals surface area contributed by atoms with Crippen molar-refractivity contribution < 1.29 is 30.0 Å². The molecule has 6 heteroatoms. The number of rotatable bonds is 5. The summed E-state index contributed by atoms with van der Waals surface area (Å²) in [5.74, 6) is 0.357. The molecule has 1 saturated heterocycles. The first-order valence-corrected chi connectivity index (χ1v) is 8.51. The third-order valence-corrected chi connectivity index (χ3v) is 3.56. The number of morpholine rings is 1. The highest BCUT2D eigenvalue weighted by molar-refractivity contribution is 6.02. The van der Waals surface area contributed by atoms with Crippen LogP contribution in [0.4, 0.5) is 10.5 Å². The Labute approximate surface area is 171 Å². The van der Waals surface area contributed by atoms with Crippen molar-refractivity contribution in [1.29, 1.82) is 0 Å². The normalized spacial score (nSPS) is 27.4. The van der Waals surface area contributed by atoms with Gasteiger partial charge in [0.25, 0.3) is 0 Å². The molecule has 27 heavy (non-hydrogen) atoms. The van der Waals surface area contributed by atoms with Crippen LogP contribution in [-0.2, 0) is 9.47 Å². The van der Waals surface area contributed by atoms with Gasteiger partial charge in [-0.3, -0.25) is 10.2 Å². The number of anilines is 1. The molecule has 146 valence electrons. The minimum atomic E-state index is -3.11. The number of benzene rings is 2. The van der Waals surface area contributed by atoms with E-state index < -0.39 is 44.4 Å². The zero-order chi connectivity index (χ0) is 26.4. The van der Waals surface area contributed by atoms with Crippen LogP contribution in [0.1, 0.15) is 31.7 Å². The lowest BCUT2D eigenvalue weighted by molar-refractivity contribution is 0.0323. The van der Waals surface area contributed by atoms with Crippen LogP contribution >= 0.6 is 0 Å². The standard InChI is InChI=1S/C21H28N2O4/c1-21(2,3)27-20(24)22-18-8-9-19(17-7-5-4-6-16(17)18)26-15-12-23-10-13-25-14-11-23/h4-9H,10-15H2,1-3H3,(H,22,24)/i10D2,11D2,13D2,14D2. The molecule has 1 N–H and O–H groups in total. The largest absolute Gasteiger partial charge is 0.492 e. The summed E-state index contributed by atoms with van der Waals surface area (Å²) < 4.78 is 78.9. The Morgan fingerprint density at radius 1 is 1.19 bits per heavy atom. The molecule has 0 bridgehead atoms. The second-order valence-electron chi connectivity index (χ2n) is 6.81. The first-order chi connectivity index (χ1) is 15.9. The van der Waals surface area contributed by atoms with Crippen molar-refractivity contribution in [2.45, 2.75) is 26.4 Å². The fourth-order valence-corrected chi connectivity index (χ4v) is 2.49. The monoisotopic (exact) mass is 380 g/mol. The van der Waals surface area contributed by atoms with Crippen molar-refractivity contribution >= 4 is 22.6 Å². The molecule has 0 saturated carbocycles. The fourth-order valence-electron chi connectivity index (χ4n) is 2.49. The van der Waals surface area contributed by atoms with E-state index in [1.165, 1.54) is 0 Å². The highest BCUT2D eigenvalue weighted by Gasteiger charge is 2.17. The van der Waals surface area contributed by atoms with Gasteiger partial charge in [-0.1, -0.05) is 24.3 Å². The van der Waals surface area contributed by atoms with Gasteiger partial charge in [0.2, 0.25) is 0 Å². The predicted octanol–water partition coefficient (Wildman–Crippen LogP) is 3.90. The zero-order valence-electron chi connectivity index (χ0n) is 23.5. The molecule has 0 aromatic heterocycles. The molecular formula is C21H28N2O4. The van der Waals surface area contributed by atoms with Crippen molar-refractivity contribution in [3.8, 4) is 5.75 Å². The Balaban J connectivity index is 1.81. The Morgan fingerprint density at radius 3 is 2.59 bits per heavy atom. The molecular weight excluding hydrogens is 344 g/mol. The smallest absolute Gasteiger partial charge is 0.412 e. The molecule has 1 amide bonds. The third-order valence-electron chi connectivity index (χ3n) is 3.56. The number of nitrogens with one attached hydrogen (secondary N) is 1. The molecule has 0 atom stereocenters. The highest BCUT2D eigenvalue weighted by atomic mass is 16.6. The van der Waals surface area contributed by atoms with Gasteiger partial charge in [-0.2, -0.15) is 0 Å². The van der Waals surface area contributed by atoms with E-state index in [2.05, 4.69) is 10.1 Å². The SMILES string of the molecule is [2H]C1([2H])OC([2H])([2H])C([2H])([2H])N(CCOc2ccc(NC(=O)OC(C)(C)C)c3ccccc23)C1([2H])[2H]. The number of carbonyl (C=O) groups excluding carboxylic acids is 1. The summed E-state index contributed by atoms with van der Waals surface area (Å²) in [6, 6.07) is 10.2. The van der Waals surface area contributed by atoms with Gasteiger partial charge in [0, 0.05) is 35.8 Å². The van der Waals surface area contributed by atoms with E-state index in [1.807, 2.05) is 0 Å². The van der Waals surface area contributed by atoms with E-state index in [-0.39, 0.29) is 6.61 Å². The molecule has 6 nitrogen and oxygen atoms in total. The fraction of sp³-hybridized carbons (Fsp3) is 0.476. The third kappa shape index (κ3) is 5.58. The molecule has 1 aliphatic heterocycles. The number of amides is 1. The van der Waals surface area contributed by atoms with Crippen molar-refractivity contribution in [2.24, 2.45) is 0 Å². The van der Waals surface area contributed by atoms with Gasteiger partial charge in [0.1, 0.15) is 18.0 Å². The van der Waals surface area contributed by atoms with Gasteiger partial charge in [-0.05, 0) is 32.9 Å². The maximum Gasteiger partial charge on any atom is 0.412 e. The lowest BCUT2D eigenvalue weighted by atomic mass is 10.1. The number of hydrogen-bond donors (Lipinski definition) is 1. The Hall–Kier alpha value is -2.31. The topological polar surface area (TPSA) is 60.0 Å². The predicted molar refractivity (Wildman–Crippen MR) is 107 cm³/mol. The molecule has 0 spiro atoms. The molecule has 0 unspecified atom stereocenters. The molecule has 1 fully saturated rings. The van der Waals surface area contributed by atoms with Crippen LogP contribution in [0, 0.1) is 0 Å². The minimum absolute atomic E-state index is 0.284. The molecule has 0 aliphatic carbocycles. The summed E-state index contributed by atoms with van der Waals surface area (Å²) in [5.41, 5.74) is -0.201. The van der Waals surface area contributed by atoms with Crippen molar-refractivity contribution in [2.75, 3.05) is 44.6 Å². The highest BCUT2D eigenvalue weighted by Crippen LogP contribution is 2.32. The molecule has 1 aliphatic rings. The molecule has 2 aromatic carbocycles. The van der Waals surface area contributed by atoms with E-state index in [9.17, 15) is 4.79 Å². The van der Waals surface area contributed by atoms with Gasteiger partial charge in [0.05, 0.1) is 24.3 Å². The Bertz CT molecular complexity index is 1080. The summed E-state index contributed by atoms with van der Waals surface area (Å²) in [5, 5.41) is 3.94. The number of hydrogen-bond acceptors (Lipinski definition) is 5. The van der Waals surface area contributed by atoms with Gasteiger partial charge >= 0.3 is 6.09 Å². The summed E-state index contributed by atoms with van der Waals surface area (Å²) >= 11 is 0. The van der Waals surface area contributed by atoms with Crippen molar-refractivity contribution in [3.05, 3.63) is 36.4 Å². The zero-order valence-corrected chi connectivity index (χ0v) is 15.5. The quantitative estimate of drug-likeness (QED) is 0.852. The molecule has 2 aromatic rings. The van der Waals surface area contributed by atoms with E-state index >= 15 is 0 Å².